The quantitative estimate of drug-likeness (QED) is 0.427. The van der Waals surface area contributed by atoms with E-state index in [2.05, 4.69) is 32.8 Å². The van der Waals surface area contributed by atoms with Gasteiger partial charge in [0.1, 0.15) is 5.69 Å². The summed E-state index contributed by atoms with van der Waals surface area (Å²) in [4.78, 5) is 7.05. The van der Waals surface area contributed by atoms with Gasteiger partial charge in [-0.2, -0.15) is 0 Å². The largest absolute Gasteiger partial charge is 0.387 e. The van der Waals surface area contributed by atoms with Gasteiger partial charge in [0.15, 0.2) is 0 Å². The Kier molecular flexibility index (Phi) is 5.47. The van der Waals surface area contributed by atoms with Crippen LogP contribution in [0, 0.1) is 11.8 Å². The van der Waals surface area contributed by atoms with Crippen LogP contribution < -0.4 is 0 Å². The topological polar surface area (TPSA) is 67.1 Å². The van der Waals surface area contributed by atoms with E-state index in [4.69, 9.17) is 0 Å². The fourth-order valence-corrected chi connectivity index (χ4v) is 5.88. The summed E-state index contributed by atoms with van der Waals surface area (Å²) < 4.78 is 1.78. The molecule has 3 fully saturated rings. The first kappa shape index (κ1) is 21.2. The van der Waals surface area contributed by atoms with Crippen LogP contribution in [-0.2, 0) is 0 Å². The molecule has 34 heavy (non-hydrogen) atoms. The third-order valence-corrected chi connectivity index (χ3v) is 7.67. The van der Waals surface area contributed by atoms with E-state index in [1.807, 2.05) is 67.0 Å². The molecule has 0 amide bonds. The lowest BCUT2D eigenvalue weighted by molar-refractivity contribution is -0.0546. The highest BCUT2D eigenvalue weighted by atomic mass is 16.3. The van der Waals surface area contributed by atoms with Gasteiger partial charge in [0.25, 0.3) is 0 Å². The first-order valence-electron chi connectivity index (χ1n) is 12.1. The summed E-state index contributed by atoms with van der Waals surface area (Å²) in [5.74, 6) is 1.34. The number of hydrogen-bond donors (Lipinski definition) is 1. The van der Waals surface area contributed by atoms with Crippen LogP contribution in [0.3, 0.4) is 0 Å². The van der Waals surface area contributed by atoms with Gasteiger partial charge in [-0.05, 0) is 73.5 Å². The van der Waals surface area contributed by atoms with Crippen LogP contribution >= 0.6 is 0 Å². The predicted octanol–water partition coefficient (Wildman–Crippen LogP) is 4.80. The van der Waals surface area contributed by atoms with Crippen molar-refractivity contribution in [3.63, 3.8) is 0 Å². The van der Waals surface area contributed by atoms with Gasteiger partial charge in [-0.3, -0.25) is 9.88 Å². The second kappa shape index (κ2) is 8.78. The average molecular weight is 452 g/mol. The van der Waals surface area contributed by atoms with Gasteiger partial charge in [0.05, 0.1) is 23.5 Å². The summed E-state index contributed by atoms with van der Waals surface area (Å²) in [6.07, 6.45) is 8.57. The minimum Gasteiger partial charge on any atom is -0.387 e. The molecule has 2 aromatic heterocycles. The van der Waals surface area contributed by atoms with Crippen LogP contribution in [0.25, 0.3) is 27.8 Å². The second-order valence-corrected chi connectivity index (χ2v) is 9.59. The standard InChI is InChI=1S/C28H29N5O/c1-2-6-21-17-32-14-12-19(21)16-27(32)28(34)23-11-13-29-25-10-9-20(15-24(23)25)26-18-33(31-30-26)22-7-4-3-5-8-22/h2-5,7-11,13,15,18-19,21,27-28,34H,1,6,12,14,16-17H2/t19?,21?,27?,28-/m1/s1. The van der Waals surface area contributed by atoms with Crippen LogP contribution in [0.1, 0.15) is 30.9 Å². The summed E-state index contributed by atoms with van der Waals surface area (Å²) in [7, 11) is 0. The van der Waals surface area contributed by atoms with E-state index in [9.17, 15) is 5.11 Å². The van der Waals surface area contributed by atoms with Crippen molar-refractivity contribution >= 4 is 10.9 Å². The molecule has 2 aromatic carbocycles. The van der Waals surface area contributed by atoms with Gasteiger partial charge < -0.3 is 5.11 Å². The highest BCUT2D eigenvalue weighted by Gasteiger charge is 2.42. The fourth-order valence-electron chi connectivity index (χ4n) is 5.88. The Morgan fingerprint density at radius 3 is 2.82 bits per heavy atom. The summed E-state index contributed by atoms with van der Waals surface area (Å²) in [6.45, 7) is 6.06. The van der Waals surface area contributed by atoms with Crippen molar-refractivity contribution in [3.05, 3.63) is 85.2 Å². The molecule has 7 rings (SSSR count). The molecule has 5 atom stereocenters. The van der Waals surface area contributed by atoms with E-state index in [0.29, 0.717) is 11.8 Å². The molecule has 1 N–H and O–H groups in total. The predicted molar refractivity (Wildman–Crippen MR) is 133 cm³/mol. The molecule has 6 nitrogen and oxygen atoms in total. The molecule has 4 aromatic rings. The molecule has 0 aliphatic carbocycles. The van der Waals surface area contributed by atoms with Crippen molar-refractivity contribution in [3.8, 4) is 16.9 Å². The summed E-state index contributed by atoms with van der Waals surface area (Å²) >= 11 is 0. The van der Waals surface area contributed by atoms with Crippen LogP contribution in [0.15, 0.2) is 79.6 Å². The van der Waals surface area contributed by atoms with E-state index >= 15 is 0 Å². The lowest BCUT2D eigenvalue weighted by Gasteiger charge is -2.51. The smallest absolute Gasteiger partial charge is 0.113 e. The van der Waals surface area contributed by atoms with E-state index in [1.54, 1.807) is 4.68 Å². The Morgan fingerprint density at radius 2 is 2.03 bits per heavy atom. The van der Waals surface area contributed by atoms with Gasteiger partial charge in [0, 0.05) is 29.7 Å². The zero-order chi connectivity index (χ0) is 23.1. The molecule has 2 bridgehead atoms. The first-order valence-corrected chi connectivity index (χ1v) is 12.1. The van der Waals surface area contributed by atoms with E-state index in [1.165, 1.54) is 6.42 Å². The summed E-state index contributed by atoms with van der Waals surface area (Å²) in [5.41, 5.74) is 4.56. The Morgan fingerprint density at radius 1 is 1.15 bits per heavy atom. The number of nitrogens with zero attached hydrogens (tertiary/aromatic N) is 5. The van der Waals surface area contributed by atoms with Gasteiger partial charge >= 0.3 is 0 Å². The number of pyridine rings is 1. The third kappa shape index (κ3) is 3.73. The van der Waals surface area contributed by atoms with Crippen molar-refractivity contribution in [1.29, 1.82) is 0 Å². The molecule has 0 saturated carbocycles. The molecule has 172 valence electrons. The molecule has 3 saturated heterocycles. The van der Waals surface area contributed by atoms with Gasteiger partial charge in [-0.15, -0.1) is 11.7 Å². The Balaban J connectivity index is 1.32. The monoisotopic (exact) mass is 451 g/mol. The SMILES string of the molecule is C=CCC1CN2CCC1CC2[C@H](O)c1ccnc2ccc(-c3cn(-c4ccccc4)nn3)cc12. The molecule has 0 radical (unpaired) electrons. The van der Waals surface area contributed by atoms with E-state index in [-0.39, 0.29) is 6.04 Å². The maximum absolute atomic E-state index is 11.6. The molecule has 0 spiro atoms. The van der Waals surface area contributed by atoms with Gasteiger partial charge in [-0.25, -0.2) is 4.68 Å². The number of allylic oxidation sites excluding steroid dienone is 1. The number of piperidine rings is 3. The minimum absolute atomic E-state index is 0.146. The van der Waals surface area contributed by atoms with Crippen molar-refractivity contribution in [2.24, 2.45) is 11.8 Å². The second-order valence-electron chi connectivity index (χ2n) is 9.59. The van der Waals surface area contributed by atoms with Gasteiger partial charge in [0.2, 0.25) is 0 Å². The number of aliphatic hydroxyl groups excluding tert-OH is 1. The van der Waals surface area contributed by atoms with Gasteiger partial charge in [-0.1, -0.05) is 35.6 Å². The molecule has 3 aliphatic heterocycles. The van der Waals surface area contributed by atoms with E-state index in [0.717, 1.165) is 59.3 Å². The van der Waals surface area contributed by atoms with Crippen molar-refractivity contribution < 1.29 is 5.11 Å². The molecule has 6 heteroatoms. The van der Waals surface area contributed by atoms with Crippen molar-refractivity contribution in [2.45, 2.75) is 31.4 Å². The Hall–Kier alpha value is -3.35. The molecule has 4 unspecified atom stereocenters. The van der Waals surface area contributed by atoms with E-state index < -0.39 is 6.10 Å². The first-order chi connectivity index (χ1) is 16.7. The third-order valence-electron chi connectivity index (χ3n) is 7.67. The average Bonchev–Trinajstić information content (AvgIpc) is 3.39. The van der Waals surface area contributed by atoms with Crippen molar-refractivity contribution in [1.82, 2.24) is 24.9 Å². The summed E-state index contributed by atoms with van der Waals surface area (Å²) in [5, 5.41) is 21.3. The number of fused-ring (bicyclic) bond motifs is 4. The maximum atomic E-state index is 11.6. The molecule has 3 aliphatic rings. The zero-order valence-corrected chi connectivity index (χ0v) is 19.2. The van der Waals surface area contributed by atoms with Crippen LogP contribution in [-0.4, -0.2) is 49.1 Å². The molecular weight excluding hydrogens is 422 g/mol. The minimum atomic E-state index is -0.548. The number of hydrogen-bond acceptors (Lipinski definition) is 5. The van der Waals surface area contributed by atoms with Crippen molar-refractivity contribution in [2.75, 3.05) is 13.1 Å². The lowest BCUT2D eigenvalue weighted by Crippen LogP contribution is -2.55. The number of para-hydroxylation sites is 1. The number of aliphatic hydroxyl groups is 1. The molecule has 5 heterocycles. The zero-order valence-electron chi connectivity index (χ0n) is 19.2. The number of rotatable bonds is 6. The number of aromatic nitrogens is 4. The summed E-state index contributed by atoms with van der Waals surface area (Å²) in [6, 6.07) is 18.2. The Bertz CT molecular complexity index is 1320. The fraction of sp³-hybridized carbons (Fsp3) is 0.321. The maximum Gasteiger partial charge on any atom is 0.113 e. The normalized spacial score (nSPS) is 24.9. The number of benzene rings is 2. The Labute approximate surface area is 199 Å². The van der Waals surface area contributed by atoms with Crippen LogP contribution in [0.5, 0.6) is 0 Å². The van der Waals surface area contributed by atoms with Crippen LogP contribution in [0.4, 0.5) is 0 Å². The molecular formula is C28H29N5O. The highest BCUT2D eigenvalue weighted by Crippen LogP contribution is 2.43. The van der Waals surface area contributed by atoms with Crippen LogP contribution in [0.2, 0.25) is 0 Å². The lowest BCUT2D eigenvalue weighted by atomic mass is 9.72. The highest BCUT2D eigenvalue weighted by molar-refractivity contribution is 5.86.